The van der Waals surface area contributed by atoms with Gasteiger partial charge in [0, 0.05) is 0 Å². The molecule has 0 unspecified atom stereocenters. The molecule has 2 saturated heterocycles. The van der Waals surface area contributed by atoms with Crippen molar-refractivity contribution in [2.75, 3.05) is 0 Å². The van der Waals surface area contributed by atoms with Crippen LogP contribution in [0.3, 0.4) is 0 Å². The normalized spacial score (nSPS) is 44.0. The molecule has 0 saturated carbocycles. The second-order valence-corrected chi connectivity index (χ2v) is 19.4. The van der Waals surface area contributed by atoms with Crippen LogP contribution in [0.5, 0.6) is 0 Å². The van der Waals surface area contributed by atoms with Crippen LogP contribution in [0, 0.1) is 0 Å². The summed E-state index contributed by atoms with van der Waals surface area (Å²) in [5.74, 6) is 0. The summed E-state index contributed by atoms with van der Waals surface area (Å²) in [5, 5.41) is 0. The number of hydrogen-bond donors (Lipinski definition) is 0. The van der Waals surface area contributed by atoms with Crippen molar-refractivity contribution in [2.24, 2.45) is 0 Å². The van der Waals surface area contributed by atoms with Gasteiger partial charge in [0.15, 0.2) is 0 Å². The molecule has 4 atom stereocenters. The highest BCUT2D eigenvalue weighted by Crippen LogP contribution is 2.65. The molecule has 2 rings (SSSR count). The number of hydrogen-bond acceptors (Lipinski definition) is 0. The van der Waals surface area contributed by atoms with Gasteiger partial charge in [0.25, 0.3) is 0 Å². The van der Waals surface area contributed by atoms with E-state index in [-0.39, 0.29) is 0 Å². The molecular weight excluding hydrogens is 234 g/mol. The quantitative estimate of drug-likeness (QED) is 0.518. The van der Waals surface area contributed by atoms with E-state index in [9.17, 15) is 0 Å². The first-order chi connectivity index (χ1) is 7.09. The Balaban J connectivity index is 1.95. The Labute approximate surface area is 100 Å². The van der Waals surface area contributed by atoms with Crippen molar-refractivity contribution in [1.82, 2.24) is 0 Å². The van der Waals surface area contributed by atoms with Gasteiger partial charge in [-0.2, -0.15) is 0 Å². The Morgan fingerprint density at radius 2 is 0.933 bits per heavy atom. The monoisotopic (exact) mass is 260 g/mol. The summed E-state index contributed by atoms with van der Waals surface area (Å²) in [7, 11) is 1.38. The van der Waals surface area contributed by atoms with Gasteiger partial charge in [-0.15, -0.1) is 14.9 Å². The van der Waals surface area contributed by atoms with Crippen LogP contribution in [0.15, 0.2) is 0 Å². The zero-order chi connectivity index (χ0) is 11.0. The summed E-state index contributed by atoms with van der Waals surface area (Å²) in [5.41, 5.74) is 4.57. The predicted octanol–water partition coefficient (Wildman–Crippen LogP) is 4.09. The van der Waals surface area contributed by atoms with E-state index in [4.69, 9.17) is 0 Å². The summed E-state index contributed by atoms with van der Waals surface area (Å²) in [6, 6.07) is 0. The van der Waals surface area contributed by atoms with Crippen LogP contribution in [-0.4, -0.2) is 31.5 Å². The van der Waals surface area contributed by atoms with Gasteiger partial charge in [0.2, 0.25) is 0 Å². The third kappa shape index (κ3) is 2.67. The molecule has 2 heterocycles. The Morgan fingerprint density at radius 3 is 1.20 bits per heavy atom. The van der Waals surface area contributed by atoms with Crippen LogP contribution in [0.25, 0.3) is 0 Å². The molecule has 88 valence electrons. The van der Waals surface area contributed by atoms with Crippen molar-refractivity contribution in [3.05, 3.63) is 0 Å². The summed E-state index contributed by atoms with van der Waals surface area (Å²) in [6.45, 7) is 10.2. The Kier molecular flexibility index (Phi) is 4.31. The van der Waals surface area contributed by atoms with Crippen molar-refractivity contribution in [1.29, 1.82) is 0 Å². The van der Waals surface area contributed by atoms with Gasteiger partial charge in [-0.3, -0.25) is 0 Å². The zero-order valence-corrected chi connectivity index (χ0v) is 13.9. The molecule has 0 nitrogen and oxygen atoms in total. The zero-order valence-electron chi connectivity index (χ0n) is 10.7. The molecule has 0 amide bonds. The van der Waals surface area contributed by atoms with Crippen molar-refractivity contribution in [2.45, 2.75) is 76.0 Å². The maximum Gasteiger partial charge on any atom is 0.0774 e. The van der Waals surface area contributed by atoms with E-state index in [2.05, 4.69) is 27.7 Å². The molecule has 0 radical (unpaired) electrons. The van der Waals surface area contributed by atoms with Gasteiger partial charge >= 0.3 is 0 Å². The first-order valence-corrected chi connectivity index (χ1v) is 13.7. The maximum atomic E-state index is 2.56. The van der Waals surface area contributed by atoms with Gasteiger partial charge < -0.3 is 0 Å². The average Bonchev–Trinajstić information content (AvgIpc) is 2.67. The predicted molar refractivity (Wildman–Crippen MR) is 78.7 cm³/mol. The molecule has 2 aliphatic rings. The largest absolute Gasteiger partial charge is 0.115 e. The van der Waals surface area contributed by atoms with Crippen molar-refractivity contribution in [3.63, 3.8) is 0 Å². The molecule has 0 aromatic heterocycles. The van der Waals surface area contributed by atoms with E-state index in [1.54, 1.807) is 25.7 Å². The van der Waals surface area contributed by atoms with Gasteiger partial charge in [-0.25, -0.2) is 0 Å². The van der Waals surface area contributed by atoms with Crippen LogP contribution < -0.4 is 0 Å². The smallest absolute Gasteiger partial charge is 0.0774 e. The van der Waals surface area contributed by atoms with Gasteiger partial charge in [-0.05, 0) is 48.3 Å². The summed E-state index contributed by atoms with van der Waals surface area (Å²) in [6.07, 6.45) is 6.25. The second kappa shape index (κ2) is 5.15. The van der Waals surface area contributed by atoms with E-state index >= 15 is 0 Å². The average molecular weight is 260 g/mol. The summed E-state index contributed by atoms with van der Waals surface area (Å²) in [4.78, 5) is 0. The van der Waals surface area contributed by atoms with Crippen molar-refractivity contribution in [3.8, 4) is 0 Å². The third-order valence-corrected chi connectivity index (χ3v) is 26.1. The Bertz CT molecular complexity index is 180. The van der Waals surface area contributed by atoms with Crippen molar-refractivity contribution < 1.29 is 0 Å². The molecule has 0 spiro atoms. The molecule has 15 heavy (non-hydrogen) atoms. The second-order valence-electron chi connectivity index (χ2n) is 5.72. The fraction of sp³-hybridized carbons (Fsp3) is 1.00. The van der Waals surface area contributed by atoms with Crippen LogP contribution in [0.1, 0.15) is 53.4 Å². The lowest BCUT2D eigenvalue weighted by Gasteiger charge is -2.29. The highest BCUT2D eigenvalue weighted by atomic mass is 31.6. The van der Waals surface area contributed by atoms with Crippen LogP contribution in [0.2, 0.25) is 0 Å². The highest BCUT2D eigenvalue weighted by molar-refractivity contribution is 8.15. The van der Waals surface area contributed by atoms with Gasteiger partial charge in [0.1, 0.15) is 0 Å². The third-order valence-electron chi connectivity index (χ3n) is 4.60. The first kappa shape index (κ1) is 12.5. The van der Waals surface area contributed by atoms with E-state index in [0.717, 1.165) is 22.6 Å². The molecule has 0 aromatic rings. The molecule has 0 N–H and O–H groups in total. The lowest BCUT2D eigenvalue weighted by molar-refractivity contribution is 0.777. The van der Waals surface area contributed by atoms with E-state index < -0.39 is 0 Å². The molecule has 2 fully saturated rings. The number of rotatable bonds is 2. The summed E-state index contributed by atoms with van der Waals surface area (Å²) >= 11 is 0. The molecule has 0 aliphatic carbocycles. The van der Waals surface area contributed by atoms with E-state index in [0.29, 0.717) is 23.8 Å². The molecule has 3 heteroatoms. The Morgan fingerprint density at radius 1 is 0.667 bits per heavy atom. The van der Waals surface area contributed by atoms with Crippen LogP contribution >= 0.6 is 14.9 Å². The van der Waals surface area contributed by atoms with E-state index in [1.165, 1.54) is 0 Å². The molecule has 2 aliphatic heterocycles. The van der Waals surface area contributed by atoms with Gasteiger partial charge in [0.05, 0.1) is 8.85 Å². The standard InChI is InChI=1S/C12H26P2Si/c1-9-5-6-10(2)13(9)15-14-11(3)7-8-12(14)4/h9-12H,5-8,15H2,1-4H3/t9-,10-,11-,12-/m1/s1. The lowest BCUT2D eigenvalue weighted by Crippen LogP contribution is -2.09. The highest BCUT2D eigenvalue weighted by Gasteiger charge is 2.37. The fourth-order valence-corrected chi connectivity index (χ4v) is 28.5. The summed E-state index contributed by atoms with van der Waals surface area (Å²) < 4.78 is 0. The SMILES string of the molecule is C[C@@H]1CC[C@@H](C)P1[SiH2]P1[C@H](C)CC[C@H]1C. The minimum Gasteiger partial charge on any atom is -0.115 e. The topological polar surface area (TPSA) is 0 Å². The fourth-order valence-electron chi connectivity index (χ4n) is 3.24. The van der Waals surface area contributed by atoms with E-state index in [1.807, 2.05) is 0 Å². The van der Waals surface area contributed by atoms with Crippen LogP contribution in [0.4, 0.5) is 0 Å². The van der Waals surface area contributed by atoms with Gasteiger partial charge in [-0.1, -0.05) is 27.7 Å². The maximum absolute atomic E-state index is 2.56. The molecular formula is C12H26P2Si. The Hall–Kier alpha value is 1.08. The molecule has 0 aromatic carbocycles. The first-order valence-electron chi connectivity index (χ1n) is 6.61. The minimum atomic E-state index is 0.304. The minimum absolute atomic E-state index is 0.304. The molecule has 0 bridgehead atoms. The van der Waals surface area contributed by atoms with Crippen LogP contribution in [-0.2, 0) is 0 Å². The lowest BCUT2D eigenvalue weighted by atomic mass is 10.2. The van der Waals surface area contributed by atoms with Crippen molar-refractivity contribution >= 4 is 23.8 Å².